The fraction of sp³-hybridized carbons (Fsp3) is 0. The summed E-state index contributed by atoms with van der Waals surface area (Å²) in [6, 6.07) is 0. The number of hydrogen-bond donors (Lipinski definition) is 0. The van der Waals surface area contributed by atoms with E-state index in [2.05, 4.69) is 18.8 Å². The molecule has 0 aromatic rings. The number of halogens is 2. The first-order valence-corrected chi connectivity index (χ1v) is 5.87. The summed E-state index contributed by atoms with van der Waals surface area (Å²) in [5.74, 6) is 0. The van der Waals surface area contributed by atoms with Crippen LogP contribution in [0.1, 0.15) is 0 Å². The van der Waals surface area contributed by atoms with Gasteiger partial charge in [0.05, 0.1) is 0 Å². The molecule has 0 aliphatic heterocycles. The molecule has 0 radical (unpaired) electrons. The van der Waals surface area contributed by atoms with E-state index in [0.29, 0.717) is 0 Å². The minimum absolute atomic E-state index is 0. The van der Waals surface area contributed by atoms with Gasteiger partial charge < -0.3 is 0 Å². The Labute approximate surface area is 71.9 Å². The predicted molar refractivity (Wildman–Crippen MR) is 11.7 cm³/mol. The molecule has 44 valence electrons. The third-order valence-corrected chi connectivity index (χ3v) is 0. The average Bonchev–Trinajstić information content (AvgIpc) is 1.50. The smallest absolute Gasteiger partial charge is 2.00 e. The Morgan fingerprint density at radius 1 is 0.800 bits per heavy atom. The van der Waals surface area contributed by atoms with Crippen LogP contribution in [0.15, 0.2) is 0 Å². The molecule has 0 rings (SSSR count). The molecule has 0 fully saturated rings. The zero-order chi connectivity index (χ0) is 4.00. The second-order valence-corrected chi connectivity index (χ2v) is 0. The van der Waals surface area contributed by atoms with Crippen molar-refractivity contribution in [2.45, 2.75) is 0 Å². The van der Waals surface area contributed by atoms with Crippen LogP contribution < -0.4 is 0 Å². The molecular formula is Cl2NiPt2. The summed E-state index contributed by atoms with van der Waals surface area (Å²) in [6.07, 6.45) is 0. The maximum atomic E-state index is 4.61. The van der Waals surface area contributed by atoms with Crippen LogP contribution in [0.2, 0.25) is 0 Å². The minimum Gasteiger partial charge on any atom is 2.00 e. The van der Waals surface area contributed by atoms with Crippen LogP contribution in [0.4, 0.5) is 0 Å². The summed E-state index contributed by atoms with van der Waals surface area (Å²) >= 11 is 3.22. The van der Waals surface area contributed by atoms with Gasteiger partial charge in [-0.1, -0.05) is 0 Å². The standard InChI is InChI=1S/2ClH.Ni.2Pt/h2*1H;;;/q;;+2;;/p-2. The number of hydrogen-bond acceptors (Lipinski definition) is 0. The summed E-state index contributed by atoms with van der Waals surface area (Å²) in [5.41, 5.74) is 0. The number of rotatable bonds is 0. The Kier molecular flexibility index (Phi) is 99.9. The fourth-order valence-electron chi connectivity index (χ4n) is 0. The maximum absolute atomic E-state index is 4.61. The first-order chi connectivity index (χ1) is 2.00. The molecule has 0 aliphatic carbocycles. The van der Waals surface area contributed by atoms with E-state index in [1.807, 2.05) is 0 Å². The van der Waals surface area contributed by atoms with Crippen LogP contribution >= 0.6 is 18.8 Å². The van der Waals surface area contributed by atoms with Crippen molar-refractivity contribution in [3.63, 3.8) is 0 Å². The molecule has 0 bridgehead atoms. The van der Waals surface area contributed by atoms with Crippen molar-refractivity contribution in [3.8, 4) is 0 Å². The van der Waals surface area contributed by atoms with E-state index in [-0.39, 0.29) is 16.5 Å². The van der Waals surface area contributed by atoms with E-state index in [1.165, 1.54) is 0 Å². The second kappa shape index (κ2) is 31.9. The Balaban J connectivity index is -0.0000000133. The van der Waals surface area contributed by atoms with Gasteiger partial charge in [-0.15, -0.1) is 0 Å². The largest absolute Gasteiger partial charge is 2.00 e. The van der Waals surface area contributed by atoms with Gasteiger partial charge in [0.25, 0.3) is 0 Å². The average molecular weight is 520 g/mol. The van der Waals surface area contributed by atoms with Gasteiger partial charge in [-0.3, -0.25) is 0 Å². The van der Waals surface area contributed by atoms with E-state index in [0.717, 1.165) is 0 Å². The molecule has 5 heavy (non-hydrogen) atoms. The van der Waals surface area contributed by atoms with Crippen LogP contribution in [0, 0.1) is 0 Å². The minimum atomic E-state index is 0. The van der Waals surface area contributed by atoms with Crippen molar-refractivity contribution in [1.29, 1.82) is 0 Å². The van der Waals surface area contributed by atoms with Crippen molar-refractivity contribution in [2.75, 3.05) is 0 Å². The van der Waals surface area contributed by atoms with E-state index in [1.54, 1.807) is 37.5 Å². The summed E-state index contributed by atoms with van der Waals surface area (Å²) in [4.78, 5) is 0. The van der Waals surface area contributed by atoms with Crippen molar-refractivity contribution in [2.24, 2.45) is 0 Å². The molecule has 0 aromatic carbocycles. The van der Waals surface area contributed by atoms with Crippen LogP contribution in [0.25, 0.3) is 0 Å². The van der Waals surface area contributed by atoms with Crippen molar-refractivity contribution >= 4 is 18.8 Å². The van der Waals surface area contributed by atoms with E-state index < -0.39 is 0 Å². The van der Waals surface area contributed by atoms with Gasteiger partial charge in [0.2, 0.25) is 0 Å². The van der Waals surface area contributed by atoms with Crippen molar-refractivity contribution < 1.29 is 54.0 Å². The Bertz CT molecular complexity index is 7.61. The molecule has 0 heterocycles. The van der Waals surface area contributed by atoms with Crippen LogP contribution in [-0.2, 0) is 54.0 Å². The SMILES string of the molecule is [Cl][Pt-].[Cl][Pt-].[Ni+2]. The zero-order valence-corrected chi connectivity index (χ0v) is 8.75. The van der Waals surface area contributed by atoms with E-state index in [9.17, 15) is 0 Å². The van der Waals surface area contributed by atoms with Gasteiger partial charge in [-0.25, -0.2) is 0 Å². The van der Waals surface area contributed by atoms with E-state index >= 15 is 0 Å². The van der Waals surface area contributed by atoms with Crippen LogP contribution in [0.3, 0.4) is 0 Å². The topological polar surface area (TPSA) is 0 Å². The molecule has 0 N–H and O–H groups in total. The first-order valence-electron chi connectivity index (χ1n) is 0.239. The molecule has 0 saturated carbocycles. The molecule has 0 unspecified atom stereocenters. The van der Waals surface area contributed by atoms with Gasteiger partial charge in [0.1, 0.15) is 0 Å². The molecule has 0 amide bonds. The van der Waals surface area contributed by atoms with Crippen LogP contribution in [0.5, 0.6) is 0 Å². The molecule has 5 heteroatoms. The van der Waals surface area contributed by atoms with Gasteiger partial charge in [-0.05, 0) is 0 Å². The zero-order valence-electron chi connectivity index (χ0n) is 1.70. The summed E-state index contributed by atoms with van der Waals surface area (Å²) in [6.45, 7) is 0. The molecular weight excluding hydrogens is 520 g/mol. The third kappa shape index (κ3) is 21.3. The Hall–Kier alpha value is 2.45. The van der Waals surface area contributed by atoms with Gasteiger partial charge in [0, 0.05) is 0 Å². The molecule has 0 spiro atoms. The monoisotopic (exact) mass is 518 g/mol. The van der Waals surface area contributed by atoms with Crippen LogP contribution in [-0.4, -0.2) is 0 Å². The van der Waals surface area contributed by atoms with Gasteiger partial charge in [0.15, 0.2) is 0 Å². The Morgan fingerprint density at radius 3 is 0.800 bits per heavy atom. The molecule has 0 atom stereocenters. The summed E-state index contributed by atoms with van der Waals surface area (Å²) in [7, 11) is 9.22. The second-order valence-electron chi connectivity index (χ2n) is 0. The molecule has 0 nitrogen and oxygen atoms in total. The van der Waals surface area contributed by atoms with E-state index in [4.69, 9.17) is 0 Å². The predicted octanol–water partition coefficient (Wildman–Crippen LogP) is 1.37. The van der Waals surface area contributed by atoms with Gasteiger partial charge in [-0.2, -0.15) is 0 Å². The maximum Gasteiger partial charge on any atom is 2.00 e. The van der Waals surface area contributed by atoms with Gasteiger partial charge >= 0.3 is 72.9 Å². The molecule has 0 aliphatic rings. The Morgan fingerprint density at radius 2 is 0.800 bits per heavy atom. The molecule has 0 saturated heterocycles. The summed E-state index contributed by atoms with van der Waals surface area (Å²) in [5, 5.41) is 0. The third-order valence-electron chi connectivity index (χ3n) is 0. The fourth-order valence-corrected chi connectivity index (χ4v) is 0. The van der Waals surface area contributed by atoms with Crippen molar-refractivity contribution in [3.05, 3.63) is 0 Å². The van der Waals surface area contributed by atoms with Crippen molar-refractivity contribution in [1.82, 2.24) is 0 Å². The normalized spacial score (nSPS) is 2.80. The summed E-state index contributed by atoms with van der Waals surface area (Å²) < 4.78 is 0. The first kappa shape index (κ1) is 15.7. The quantitative estimate of drug-likeness (QED) is 0.424. The molecule has 0 aromatic heterocycles.